The molecule has 16 heavy (non-hydrogen) atoms. The van der Waals surface area contributed by atoms with Gasteiger partial charge in [0.25, 0.3) is 0 Å². The number of nitrogens with two attached hydrogens (primary N) is 1. The molecule has 1 atom stereocenters. The van der Waals surface area contributed by atoms with Gasteiger partial charge in [0.2, 0.25) is 0 Å². The van der Waals surface area contributed by atoms with Gasteiger partial charge in [-0.15, -0.1) is 0 Å². The van der Waals surface area contributed by atoms with Crippen molar-refractivity contribution in [2.45, 2.75) is 52.1 Å². The van der Waals surface area contributed by atoms with Crippen LogP contribution in [0.1, 0.15) is 46.0 Å². The molecule has 0 bridgehead atoms. The first-order valence-electron chi connectivity index (χ1n) is 6.24. The van der Waals surface area contributed by atoms with Gasteiger partial charge in [-0.25, -0.2) is 0 Å². The second kappa shape index (κ2) is 7.15. The lowest BCUT2D eigenvalue weighted by Crippen LogP contribution is -2.11. The fourth-order valence-electron chi connectivity index (χ4n) is 1.74. The van der Waals surface area contributed by atoms with Crippen molar-refractivity contribution in [1.82, 2.24) is 0 Å². The zero-order valence-electron chi connectivity index (χ0n) is 10.4. The number of hydrogen-bond donors (Lipinski definition) is 1. The van der Waals surface area contributed by atoms with Crippen LogP contribution >= 0.6 is 0 Å². The number of nitrogen functional groups attached to an aromatic ring is 1. The molecule has 1 aromatic rings. The third kappa shape index (κ3) is 5.06. The monoisotopic (exact) mass is 221 g/mol. The highest BCUT2D eigenvalue weighted by molar-refractivity contribution is 5.43. The van der Waals surface area contributed by atoms with Crippen molar-refractivity contribution >= 4 is 5.69 Å². The first-order valence-corrected chi connectivity index (χ1v) is 6.24. The molecule has 1 rings (SSSR count). The SMILES string of the molecule is CCCCCCC(C)Oc1cccc(N)c1. The maximum absolute atomic E-state index is 5.80. The maximum Gasteiger partial charge on any atom is 0.121 e. The third-order valence-electron chi connectivity index (χ3n) is 2.66. The van der Waals surface area contributed by atoms with E-state index in [0.717, 1.165) is 17.9 Å². The highest BCUT2D eigenvalue weighted by atomic mass is 16.5. The molecule has 0 aromatic heterocycles. The maximum atomic E-state index is 5.80. The lowest BCUT2D eigenvalue weighted by molar-refractivity contribution is 0.206. The standard InChI is InChI=1S/C14H23NO/c1-3-4-5-6-8-12(2)16-14-10-7-9-13(15)11-14/h7,9-12H,3-6,8,15H2,1-2H3. The second-order valence-electron chi connectivity index (χ2n) is 4.35. The summed E-state index contributed by atoms with van der Waals surface area (Å²) in [5, 5.41) is 0. The van der Waals surface area contributed by atoms with E-state index in [9.17, 15) is 0 Å². The average Bonchev–Trinajstić information content (AvgIpc) is 2.24. The Morgan fingerprint density at radius 1 is 1.25 bits per heavy atom. The largest absolute Gasteiger partial charge is 0.491 e. The molecule has 0 heterocycles. The Labute approximate surface area is 98.8 Å². The van der Waals surface area contributed by atoms with Crippen LogP contribution in [0.15, 0.2) is 24.3 Å². The van der Waals surface area contributed by atoms with Crippen molar-refractivity contribution in [3.8, 4) is 5.75 Å². The molecule has 90 valence electrons. The molecule has 1 aromatic carbocycles. The fraction of sp³-hybridized carbons (Fsp3) is 0.571. The summed E-state index contributed by atoms with van der Waals surface area (Å²) in [5.41, 5.74) is 6.45. The summed E-state index contributed by atoms with van der Waals surface area (Å²) < 4.78 is 5.80. The molecule has 0 aliphatic rings. The van der Waals surface area contributed by atoms with Gasteiger partial charge < -0.3 is 10.5 Å². The van der Waals surface area contributed by atoms with Crippen molar-refractivity contribution in [2.75, 3.05) is 5.73 Å². The smallest absolute Gasteiger partial charge is 0.121 e. The van der Waals surface area contributed by atoms with Gasteiger partial charge in [0.15, 0.2) is 0 Å². The van der Waals surface area contributed by atoms with Crippen LogP contribution in [-0.2, 0) is 0 Å². The molecule has 0 radical (unpaired) electrons. The van der Waals surface area contributed by atoms with Gasteiger partial charge in [0.05, 0.1) is 6.10 Å². The summed E-state index contributed by atoms with van der Waals surface area (Å²) in [5.74, 6) is 0.878. The van der Waals surface area contributed by atoms with Crippen molar-refractivity contribution in [1.29, 1.82) is 0 Å². The normalized spacial score (nSPS) is 12.4. The first kappa shape index (κ1) is 12.9. The molecule has 2 heteroatoms. The Hall–Kier alpha value is -1.18. The first-order chi connectivity index (χ1) is 7.72. The van der Waals surface area contributed by atoms with Gasteiger partial charge in [0.1, 0.15) is 5.75 Å². The number of rotatable bonds is 7. The highest BCUT2D eigenvalue weighted by Crippen LogP contribution is 2.18. The van der Waals surface area contributed by atoms with E-state index in [1.54, 1.807) is 0 Å². The van der Waals surface area contributed by atoms with E-state index in [0.29, 0.717) is 0 Å². The van der Waals surface area contributed by atoms with Crippen LogP contribution in [-0.4, -0.2) is 6.10 Å². The second-order valence-corrected chi connectivity index (χ2v) is 4.35. The lowest BCUT2D eigenvalue weighted by atomic mass is 10.1. The van der Waals surface area contributed by atoms with E-state index in [1.807, 2.05) is 24.3 Å². The van der Waals surface area contributed by atoms with Gasteiger partial charge in [-0.05, 0) is 31.9 Å². The van der Waals surface area contributed by atoms with Gasteiger partial charge in [-0.2, -0.15) is 0 Å². The van der Waals surface area contributed by atoms with Crippen molar-refractivity contribution in [3.63, 3.8) is 0 Å². The number of benzene rings is 1. The quantitative estimate of drug-likeness (QED) is 0.558. The minimum absolute atomic E-state index is 0.277. The molecule has 2 nitrogen and oxygen atoms in total. The van der Waals surface area contributed by atoms with Crippen molar-refractivity contribution in [2.24, 2.45) is 0 Å². The fourth-order valence-corrected chi connectivity index (χ4v) is 1.74. The summed E-state index contributed by atoms with van der Waals surface area (Å²) in [6.07, 6.45) is 6.56. The molecule has 1 unspecified atom stereocenters. The molecule has 0 aliphatic heterocycles. The summed E-state index contributed by atoms with van der Waals surface area (Å²) in [7, 11) is 0. The third-order valence-corrected chi connectivity index (χ3v) is 2.66. The summed E-state index contributed by atoms with van der Waals surface area (Å²) in [6, 6.07) is 7.63. The van der Waals surface area contributed by atoms with Crippen LogP contribution < -0.4 is 10.5 Å². The van der Waals surface area contributed by atoms with E-state index in [2.05, 4.69) is 13.8 Å². The number of hydrogen-bond acceptors (Lipinski definition) is 2. The highest BCUT2D eigenvalue weighted by Gasteiger charge is 2.03. The summed E-state index contributed by atoms with van der Waals surface area (Å²) in [4.78, 5) is 0. The van der Waals surface area contributed by atoms with Crippen LogP contribution in [0.3, 0.4) is 0 Å². The predicted octanol–water partition coefficient (Wildman–Crippen LogP) is 4.01. The zero-order valence-corrected chi connectivity index (χ0v) is 10.4. The molecular weight excluding hydrogens is 198 g/mol. The van der Waals surface area contributed by atoms with Gasteiger partial charge in [0, 0.05) is 11.8 Å². The molecule has 0 fully saturated rings. The molecular formula is C14H23NO. The van der Waals surface area contributed by atoms with E-state index in [4.69, 9.17) is 10.5 Å². The Balaban J connectivity index is 2.25. The molecule has 0 saturated heterocycles. The Kier molecular flexibility index (Phi) is 5.76. The molecule has 2 N–H and O–H groups in total. The predicted molar refractivity (Wildman–Crippen MR) is 69.7 cm³/mol. The molecule has 0 amide bonds. The lowest BCUT2D eigenvalue weighted by Gasteiger charge is -2.14. The minimum Gasteiger partial charge on any atom is -0.491 e. The average molecular weight is 221 g/mol. The van der Waals surface area contributed by atoms with Crippen molar-refractivity contribution in [3.05, 3.63) is 24.3 Å². The molecule has 0 saturated carbocycles. The van der Waals surface area contributed by atoms with Crippen LogP contribution in [0, 0.1) is 0 Å². The Morgan fingerprint density at radius 3 is 2.75 bits per heavy atom. The van der Waals surface area contributed by atoms with Crippen LogP contribution in [0.5, 0.6) is 5.75 Å². The molecule has 0 spiro atoms. The van der Waals surface area contributed by atoms with Crippen LogP contribution in [0.25, 0.3) is 0 Å². The van der Waals surface area contributed by atoms with E-state index in [1.165, 1.54) is 25.7 Å². The topological polar surface area (TPSA) is 35.2 Å². The van der Waals surface area contributed by atoms with Gasteiger partial charge in [-0.3, -0.25) is 0 Å². The number of ether oxygens (including phenoxy) is 1. The zero-order chi connectivity index (χ0) is 11.8. The van der Waals surface area contributed by atoms with E-state index < -0.39 is 0 Å². The minimum atomic E-state index is 0.277. The van der Waals surface area contributed by atoms with Gasteiger partial charge >= 0.3 is 0 Å². The summed E-state index contributed by atoms with van der Waals surface area (Å²) in [6.45, 7) is 4.35. The van der Waals surface area contributed by atoms with Crippen LogP contribution in [0.2, 0.25) is 0 Å². The molecule has 0 aliphatic carbocycles. The number of unbranched alkanes of at least 4 members (excludes halogenated alkanes) is 3. The van der Waals surface area contributed by atoms with E-state index in [-0.39, 0.29) is 6.10 Å². The Morgan fingerprint density at radius 2 is 2.06 bits per heavy atom. The van der Waals surface area contributed by atoms with Crippen molar-refractivity contribution < 1.29 is 4.74 Å². The van der Waals surface area contributed by atoms with Gasteiger partial charge in [-0.1, -0.05) is 32.3 Å². The summed E-state index contributed by atoms with van der Waals surface area (Å²) >= 11 is 0. The van der Waals surface area contributed by atoms with E-state index >= 15 is 0 Å². The Bertz CT molecular complexity index is 299. The van der Waals surface area contributed by atoms with Crippen LogP contribution in [0.4, 0.5) is 5.69 Å². The number of anilines is 1.